The molecule has 92 valence electrons. The molecule has 0 atom stereocenters. The molecule has 1 fully saturated rings. The number of benzene rings is 1. The number of hydrogen-bond acceptors (Lipinski definition) is 4. The van der Waals surface area contributed by atoms with Gasteiger partial charge in [0.15, 0.2) is 5.75 Å². The van der Waals surface area contributed by atoms with Crippen LogP contribution in [0.1, 0.15) is 25.7 Å². The molecule has 0 saturated heterocycles. The van der Waals surface area contributed by atoms with Crippen LogP contribution in [0.2, 0.25) is 0 Å². The number of hydrogen-bond donors (Lipinski definition) is 1. The second-order valence-electron chi connectivity index (χ2n) is 4.24. The quantitative estimate of drug-likeness (QED) is 0.644. The molecule has 0 heterocycles. The van der Waals surface area contributed by atoms with Crippen LogP contribution < -0.4 is 10.1 Å². The lowest BCUT2D eigenvalue weighted by atomic mass is 10.2. The summed E-state index contributed by atoms with van der Waals surface area (Å²) in [6.07, 6.45) is 4.54. The topological polar surface area (TPSA) is 64.4 Å². The third-order valence-corrected chi connectivity index (χ3v) is 3.12. The van der Waals surface area contributed by atoms with E-state index in [1.54, 1.807) is 18.2 Å². The first-order chi connectivity index (χ1) is 8.22. The summed E-state index contributed by atoms with van der Waals surface area (Å²) in [6, 6.07) is 5.46. The Hall–Kier alpha value is -1.78. The average Bonchev–Trinajstić information content (AvgIpc) is 2.81. The van der Waals surface area contributed by atoms with Gasteiger partial charge in [0.2, 0.25) is 0 Å². The van der Waals surface area contributed by atoms with Crippen LogP contribution in [0.3, 0.4) is 0 Å². The summed E-state index contributed by atoms with van der Waals surface area (Å²) in [4.78, 5) is 10.7. The van der Waals surface area contributed by atoms with Gasteiger partial charge in [-0.05, 0) is 25.0 Å². The van der Waals surface area contributed by atoms with Crippen molar-refractivity contribution in [2.24, 2.45) is 0 Å². The molecule has 17 heavy (non-hydrogen) atoms. The minimum absolute atomic E-state index is 0.0295. The average molecular weight is 236 g/mol. The first kappa shape index (κ1) is 11.7. The molecular weight excluding hydrogens is 220 g/mol. The standard InChI is InChI=1S/C12H16N2O3/c1-17-11-8-4-7-10(12(11)14(15)16)13-9-5-2-3-6-9/h4,7-9,13H,2-3,5-6H2,1H3. The van der Waals surface area contributed by atoms with Crippen molar-refractivity contribution in [3.63, 3.8) is 0 Å². The number of methoxy groups -OCH3 is 1. The molecule has 1 N–H and O–H groups in total. The van der Waals surface area contributed by atoms with E-state index >= 15 is 0 Å². The molecule has 0 unspecified atom stereocenters. The summed E-state index contributed by atoms with van der Waals surface area (Å²) in [7, 11) is 1.45. The van der Waals surface area contributed by atoms with E-state index in [1.807, 2.05) is 0 Å². The summed E-state index contributed by atoms with van der Waals surface area (Å²) in [5, 5.41) is 14.3. The van der Waals surface area contributed by atoms with Gasteiger partial charge in [0.25, 0.3) is 0 Å². The number of nitrogens with zero attached hydrogens (tertiary/aromatic N) is 1. The Morgan fingerprint density at radius 1 is 1.41 bits per heavy atom. The molecule has 1 aliphatic carbocycles. The second kappa shape index (κ2) is 5.03. The van der Waals surface area contributed by atoms with Crippen LogP contribution in [0.25, 0.3) is 0 Å². The van der Waals surface area contributed by atoms with Crippen molar-refractivity contribution >= 4 is 11.4 Å². The predicted molar refractivity (Wildman–Crippen MR) is 65.5 cm³/mol. The normalized spacial score (nSPS) is 15.8. The van der Waals surface area contributed by atoms with E-state index in [4.69, 9.17) is 4.74 Å². The number of nitro benzene ring substituents is 1. The maximum atomic E-state index is 11.1. The van der Waals surface area contributed by atoms with Gasteiger partial charge in [-0.15, -0.1) is 0 Å². The fourth-order valence-electron chi connectivity index (χ4n) is 2.28. The lowest BCUT2D eigenvalue weighted by molar-refractivity contribution is -0.384. The van der Waals surface area contributed by atoms with Crippen molar-refractivity contribution in [1.29, 1.82) is 0 Å². The third-order valence-electron chi connectivity index (χ3n) is 3.12. The molecule has 1 aromatic carbocycles. The van der Waals surface area contributed by atoms with Crippen LogP contribution >= 0.6 is 0 Å². The van der Waals surface area contributed by atoms with Crippen LogP contribution in [0.4, 0.5) is 11.4 Å². The highest BCUT2D eigenvalue weighted by atomic mass is 16.6. The van der Waals surface area contributed by atoms with Crippen molar-refractivity contribution in [3.8, 4) is 5.75 Å². The van der Waals surface area contributed by atoms with Gasteiger partial charge in [-0.1, -0.05) is 18.9 Å². The Kier molecular flexibility index (Phi) is 3.46. The largest absolute Gasteiger partial charge is 0.490 e. The third kappa shape index (κ3) is 2.49. The van der Waals surface area contributed by atoms with Crippen LogP contribution in [0.5, 0.6) is 5.75 Å². The van der Waals surface area contributed by atoms with Gasteiger partial charge < -0.3 is 10.1 Å². The van der Waals surface area contributed by atoms with E-state index in [9.17, 15) is 10.1 Å². The molecule has 1 saturated carbocycles. The molecule has 0 aliphatic heterocycles. The maximum absolute atomic E-state index is 11.1. The van der Waals surface area contributed by atoms with Crippen LogP contribution in [-0.4, -0.2) is 18.1 Å². The maximum Gasteiger partial charge on any atom is 0.333 e. The summed E-state index contributed by atoms with van der Waals surface area (Å²) in [5.74, 6) is 0.304. The van der Waals surface area contributed by atoms with Crippen LogP contribution in [0, 0.1) is 10.1 Å². The number of nitrogens with one attached hydrogen (secondary N) is 1. The van der Waals surface area contributed by atoms with E-state index in [-0.39, 0.29) is 5.69 Å². The molecule has 2 rings (SSSR count). The lowest BCUT2D eigenvalue weighted by Gasteiger charge is -2.14. The van der Waals surface area contributed by atoms with Crippen molar-refractivity contribution in [2.75, 3.05) is 12.4 Å². The highest BCUT2D eigenvalue weighted by Crippen LogP contribution is 2.36. The Bertz CT molecular complexity index is 414. The fraction of sp³-hybridized carbons (Fsp3) is 0.500. The van der Waals surface area contributed by atoms with Gasteiger partial charge in [0, 0.05) is 6.04 Å². The van der Waals surface area contributed by atoms with Crippen molar-refractivity contribution in [1.82, 2.24) is 0 Å². The highest BCUT2D eigenvalue weighted by Gasteiger charge is 2.23. The number of rotatable bonds is 4. The minimum Gasteiger partial charge on any atom is -0.490 e. The van der Waals surface area contributed by atoms with Crippen LogP contribution in [-0.2, 0) is 0 Å². The Labute approximate surface area is 99.9 Å². The number of nitro groups is 1. The molecule has 1 aliphatic rings. The lowest BCUT2D eigenvalue weighted by Crippen LogP contribution is -2.15. The predicted octanol–water partition coefficient (Wildman–Crippen LogP) is 2.96. The first-order valence-corrected chi connectivity index (χ1v) is 5.80. The SMILES string of the molecule is COc1cccc(NC2CCCC2)c1[N+](=O)[O-]. The van der Waals surface area contributed by atoms with Gasteiger partial charge in [0.05, 0.1) is 12.0 Å². The monoisotopic (exact) mass is 236 g/mol. The van der Waals surface area contributed by atoms with E-state index in [1.165, 1.54) is 20.0 Å². The summed E-state index contributed by atoms with van der Waals surface area (Å²) < 4.78 is 5.03. The first-order valence-electron chi connectivity index (χ1n) is 5.80. The summed E-state index contributed by atoms with van der Waals surface area (Å²) >= 11 is 0. The molecule has 5 nitrogen and oxygen atoms in total. The van der Waals surface area contributed by atoms with E-state index in [2.05, 4.69) is 5.32 Å². The van der Waals surface area contributed by atoms with E-state index in [0.717, 1.165) is 12.8 Å². The van der Waals surface area contributed by atoms with Crippen LogP contribution in [0.15, 0.2) is 18.2 Å². The molecule has 5 heteroatoms. The zero-order valence-corrected chi connectivity index (χ0v) is 9.81. The minimum atomic E-state index is -0.393. The summed E-state index contributed by atoms with van der Waals surface area (Å²) in [5.41, 5.74) is 0.586. The Balaban J connectivity index is 2.28. The number of para-hydroxylation sites is 1. The van der Waals surface area contributed by atoms with Gasteiger partial charge in [-0.2, -0.15) is 0 Å². The van der Waals surface area contributed by atoms with Crippen molar-refractivity contribution in [3.05, 3.63) is 28.3 Å². The zero-order valence-electron chi connectivity index (χ0n) is 9.81. The van der Waals surface area contributed by atoms with Crippen molar-refractivity contribution < 1.29 is 9.66 Å². The second-order valence-corrected chi connectivity index (χ2v) is 4.24. The smallest absolute Gasteiger partial charge is 0.333 e. The van der Waals surface area contributed by atoms with E-state index < -0.39 is 4.92 Å². The molecular formula is C12H16N2O3. The molecule has 0 aromatic heterocycles. The summed E-state index contributed by atoms with van der Waals surface area (Å²) in [6.45, 7) is 0. The molecule has 0 radical (unpaired) electrons. The van der Waals surface area contributed by atoms with Crippen molar-refractivity contribution in [2.45, 2.75) is 31.7 Å². The molecule has 0 spiro atoms. The van der Waals surface area contributed by atoms with E-state index in [0.29, 0.717) is 17.5 Å². The Morgan fingerprint density at radius 2 is 2.12 bits per heavy atom. The van der Waals surface area contributed by atoms with Gasteiger partial charge in [-0.25, -0.2) is 0 Å². The fourth-order valence-corrected chi connectivity index (χ4v) is 2.28. The molecule has 0 bridgehead atoms. The molecule has 0 amide bonds. The molecule has 1 aromatic rings. The number of anilines is 1. The van der Waals surface area contributed by atoms with Gasteiger partial charge in [-0.3, -0.25) is 10.1 Å². The highest BCUT2D eigenvalue weighted by molar-refractivity contribution is 5.68. The zero-order chi connectivity index (χ0) is 12.3. The van der Waals surface area contributed by atoms with Gasteiger partial charge in [0.1, 0.15) is 5.69 Å². The number of ether oxygens (including phenoxy) is 1. The Morgan fingerprint density at radius 3 is 2.71 bits per heavy atom. The van der Waals surface area contributed by atoms with Gasteiger partial charge >= 0.3 is 5.69 Å².